The predicted octanol–water partition coefficient (Wildman–Crippen LogP) is 2.25. The van der Waals surface area contributed by atoms with Crippen molar-refractivity contribution in [1.82, 2.24) is 0 Å². The van der Waals surface area contributed by atoms with Gasteiger partial charge in [-0.2, -0.15) is 0 Å². The molecule has 3 heteroatoms. The fourth-order valence-electron chi connectivity index (χ4n) is 0.530. The summed E-state index contributed by atoms with van der Waals surface area (Å²) in [7, 11) is 0. The van der Waals surface area contributed by atoms with Gasteiger partial charge >= 0.3 is 5.97 Å². The van der Waals surface area contributed by atoms with Gasteiger partial charge in [-0.25, -0.2) is 4.79 Å². The molecule has 0 saturated carbocycles. The maximum atomic E-state index is 10.8. The van der Waals surface area contributed by atoms with Crippen LogP contribution in [0.3, 0.4) is 0 Å². The molecular formula is C8H11ClO2. The summed E-state index contributed by atoms with van der Waals surface area (Å²) in [4.78, 5) is 10.8. The van der Waals surface area contributed by atoms with E-state index in [1.807, 2.05) is 0 Å². The molecule has 11 heavy (non-hydrogen) atoms. The summed E-state index contributed by atoms with van der Waals surface area (Å²) in [5, 5.41) is 0. The summed E-state index contributed by atoms with van der Waals surface area (Å²) in [5.74, 6) is -0.429. The van der Waals surface area contributed by atoms with Crippen molar-refractivity contribution in [3.8, 4) is 0 Å². The average molecular weight is 175 g/mol. The molecule has 0 unspecified atom stereocenters. The van der Waals surface area contributed by atoms with E-state index in [0.717, 1.165) is 6.42 Å². The number of rotatable bonds is 5. The molecule has 0 aliphatic rings. The third-order valence-corrected chi connectivity index (χ3v) is 1.23. The van der Waals surface area contributed by atoms with E-state index in [4.69, 9.17) is 11.6 Å². The van der Waals surface area contributed by atoms with Crippen LogP contribution in [0.4, 0.5) is 0 Å². The van der Waals surface area contributed by atoms with Gasteiger partial charge in [0.1, 0.15) is 0 Å². The summed E-state index contributed by atoms with van der Waals surface area (Å²) in [5.41, 5.74) is 0.436. The lowest BCUT2D eigenvalue weighted by Crippen LogP contribution is -2.05. The highest BCUT2D eigenvalue weighted by atomic mass is 35.5. The van der Waals surface area contributed by atoms with E-state index >= 15 is 0 Å². The highest BCUT2D eigenvalue weighted by molar-refractivity contribution is 6.17. The zero-order chi connectivity index (χ0) is 8.69. The number of alkyl halides is 1. The van der Waals surface area contributed by atoms with Crippen LogP contribution < -0.4 is 0 Å². The van der Waals surface area contributed by atoms with Crippen LogP contribution in [-0.4, -0.2) is 12.0 Å². The molecule has 0 rings (SSSR count). The van der Waals surface area contributed by atoms with Crippen LogP contribution in [0, 0.1) is 0 Å². The molecule has 0 radical (unpaired) electrons. The molecule has 0 amide bonds. The van der Waals surface area contributed by atoms with Gasteiger partial charge in [-0.1, -0.05) is 24.3 Å². The maximum absolute atomic E-state index is 10.8. The molecule has 0 heterocycles. The Morgan fingerprint density at radius 1 is 1.64 bits per heavy atom. The molecule has 0 saturated heterocycles. The molecule has 2 nitrogen and oxygen atoms in total. The Labute approximate surface area is 71.5 Å². The van der Waals surface area contributed by atoms with Crippen LogP contribution in [0.2, 0.25) is 0 Å². The van der Waals surface area contributed by atoms with Crippen LogP contribution >= 0.6 is 11.6 Å². The monoisotopic (exact) mass is 174 g/mol. The lowest BCUT2D eigenvalue weighted by atomic mass is 10.2. The Morgan fingerprint density at radius 2 is 2.27 bits per heavy atom. The van der Waals surface area contributed by atoms with E-state index in [1.165, 1.54) is 0 Å². The molecule has 0 aromatic carbocycles. The Kier molecular flexibility index (Phi) is 5.57. The van der Waals surface area contributed by atoms with Gasteiger partial charge in [-0.3, -0.25) is 0 Å². The van der Waals surface area contributed by atoms with Crippen molar-refractivity contribution in [2.24, 2.45) is 0 Å². The second-order valence-electron chi connectivity index (χ2n) is 1.97. The number of hydrogen-bond donors (Lipinski definition) is 0. The van der Waals surface area contributed by atoms with E-state index < -0.39 is 5.97 Å². The van der Waals surface area contributed by atoms with Crippen molar-refractivity contribution in [3.05, 3.63) is 24.8 Å². The van der Waals surface area contributed by atoms with Crippen LogP contribution in [0.25, 0.3) is 0 Å². The number of halogens is 1. The minimum absolute atomic E-state index is 0.119. The first kappa shape index (κ1) is 10.2. The van der Waals surface area contributed by atoms with Crippen molar-refractivity contribution < 1.29 is 9.53 Å². The van der Waals surface area contributed by atoms with Crippen LogP contribution in [0.5, 0.6) is 0 Å². The second-order valence-corrected chi connectivity index (χ2v) is 2.19. The zero-order valence-electron chi connectivity index (χ0n) is 6.31. The first-order valence-electron chi connectivity index (χ1n) is 3.24. The number of esters is 1. The van der Waals surface area contributed by atoms with E-state index in [2.05, 4.69) is 17.9 Å². The largest absolute Gasteiger partial charge is 0.446 e. The molecule has 0 bridgehead atoms. The normalized spacial score (nSPS) is 8.82. The Morgan fingerprint density at radius 3 is 2.73 bits per heavy atom. The highest BCUT2D eigenvalue weighted by Crippen LogP contribution is 2.04. The smallest absolute Gasteiger partial charge is 0.334 e. The molecule has 0 fully saturated rings. The number of hydrogen-bond acceptors (Lipinski definition) is 2. The van der Waals surface area contributed by atoms with Crippen molar-refractivity contribution in [2.45, 2.75) is 12.8 Å². The summed E-state index contributed by atoms with van der Waals surface area (Å²) in [6.45, 7) is 7.05. The first-order chi connectivity index (χ1) is 5.22. The molecule has 0 atom stereocenters. The van der Waals surface area contributed by atoms with E-state index in [9.17, 15) is 4.79 Å². The summed E-state index contributed by atoms with van der Waals surface area (Å²) < 4.78 is 4.49. The van der Waals surface area contributed by atoms with Gasteiger partial charge in [-0.15, -0.1) is 6.58 Å². The Bertz CT molecular complexity index is 163. The molecule has 0 aromatic heterocycles. The van der Waals surface area contributed by atoms with Crippen molar-refractivity contribution >= 4 is 17.6 Å². The van der Waals surface area contributed by atoms with Crippen LogP contribution in [-0.2, 0) is 9.53 Å². The zero-order valence-corrected chi connectivity index (χ0v) is 7.06. The predicted molar refractivity (Wildman–Crippen MR) is 45.4 cm³/mol. The van der Waals surface area contributed by atoms with Crippen LogP contribution in [0.1, 0.15) is 12.8 Å². The van der Waals surface area contributed by atoms with Gasteiger partial charge < -0.3 is 4.74 Å². The molecule has 0 spiro atoms. The molecule has 0 aromatic rings. The molecule has 0 N–H and O–H groups in total. The second kappa shape index (κ2) is 5.98. The summed E-state index contributed by atoms with van der Waals surface area (Å²) in [6, 6.07) is -0.119. The van der Waals surface area contributed by atoms with Crippen molar-refractivity contribution in [2.75, 3.05) is 6.07 Å². The SMILES string of the molecule is C=CCCC(=C)C(=O)OCCl. The standard InChI is InChI=1S/C8H11ClO2/c1-3-4-5-7(2)8(10)11-6-9/h3H,1-2,4-6H2. The molecular weight excluding hydrogens is 164 g/mol. The Balaban J connectivity index is 3.64. The number of carbonyl (C=O) groups excluding carboxylic acids is 1. The number of carbonyl (C=O) groups is 1. The van der Waals surface area contributed by atoms with Crippen LogP contribution in [0.15, 0.2) is 24.8 Å². The van der Waals surface area contributed by atoms with E-state index in [-0.39, 0.29) is 6.07 Å². The minimum atomic E-state index is -0.429. The third-order valence-electron chi connectivity index (χ3n) is 1.12. The van der Waals surface area contributed by atoms with Gasteiger partial charge in [0.2, 0.25) is 0 Å². The van der Waals surface area contributed by atoms with Gasteiger partial charge in [0.25, 0.3) is 0 Å². The molecule has 62 valence electrons. The quantitative estimate of drug-likeness (QED) is 0.277. The topological polar surface area (TPSA) is 26.3 Å². The van der Waals surface area contributed by atoms with Gasteiger partial charge in [0, 0.05) is 5.57 Å². The fraction of sp³-hybridized carbons (Fsp3) is 0.375. The lowest BCUT2D eigenvalue weighted by Gasteiger charge is -2.01. The maximum Gasteiger partial charge on any atom is 0.334 e. The molecule has 0 aliphatic carbocycles. The lowest BCUT2D eigenvalue weighted by molar-refractivity contribution is -0.137. The van der Waals surface area contributed by atoms with E-state index in [1.54, 1.807) is 6.08 Å². The number of allylic oxidation sites excluding steroid dienone is 1. The third kappa shape index (κ3) is 4.62. The molecule has 0 aliphatic heterocycles. The van der Waals surface area contributed by atoms with Gasteiger partial charge in [0.15, 0.2) is 6.07 Å². The fourth-order valence-corrected chi connectivity index (χ4v) is 0.629. The summed E-state index contributed by atoms with van der Waals surface area (Å²) in [6.07, 6.45) is 3.04. The highest BCUT2D eigenvalue weighted by Gasteiger charge is 2.05. The van der Waals surface area contributed by atoms with Gasteiger partial charge in [-0.05, 0) is 12.8 Å². The minimum Gasteiger partial charge on any atom is -0.446 e. The van der Waals surface area contributed by atoms with E-state index in [0.29, 0.717) is 12.0 Å². The average Bonchev–Trinajstić information content (AvgIpc) is 2.00. The van der Waals surface area contributed by atoms with Crippen molar-refractivity contribution in [1.29, 1.82) is 0 Å². The number of ether oxygens (including phenoxy) is 1. The van der Waals surface area contributed by atoms with Gasteiger partial charge in [0.05, 0.1) is 0 Å². The Hall–Kier alpha value is -0.760. The first-order valence-corrected chi connectivity index (χ1v) is 3.77. The summed E-state index contributed by atoms with van der Waals surface area (Å²) >= 11 is 5.17. The van der Waals surface area contributed by atoms with Crippen molar-refractivity contribution in [3.63, 3.8) is 0 Å².